The van der Waals surface area contributed by atoms with E-state index in [1.54, 1.807) is 4.90 Å². The molecule has 4 nitrogen and oxygen atoms in total. The number of anilines is 1. The topological polar surface area (TPSA) is 41.6 Å². The van der Waals surface area contributed by atoms with Gasteiger partial charge in [0.05, 0.1) is 5.69 Å². The Morgan fingerprint density at radius 3 is 2.87 bits per heavy atom. The molecule has 2 atom stereocenters. The fourth-order valence-corrected chi connectivity index (χ4v) is 4.09. The van der Waals surface area contributed by atoms with E-state index in [1.807, 2.05) is 19.2 Å². The summed E-state index contributed by atoms with van der Waals surface area (Å²) in [5.74, 6) is 0.295. The minimum atomic E-state index is -1.60. The largest absolute Gasteiger partial charge is 0.445 e. The van der Waals surface area contributed by atoms with Gasteiger partial charge in [-0.3, -0.25) is 4.90 Å². The lowest BCUT2D eigenvalue weighted by atomic mass is 9.81. The Bertz CT molecular complexity index is 636. The van der Waals surface area contributed by atoms with Crippen molar-refractivity contribution >= 4 is 62.5 Å². The standard InChI is InChI=1S/C15H16BrCl3N2O2/c1-20-9-4-8-6-21(14(22)23-7-15(17,18)19)12-3-2-11(16)10(5-9)13(8)12/h2-3,8-9,20H,4-7H2,1H3. The first-order chi connectivity index (χ1) is 10.8. The van der Waals surface area contributed by atoms with Crippen molar-refractivity contribution < 1.29 is 9.53 Å². The van der Waals surface area contributed by atoms with Crippen molar-refractivity contribution in [1.29, 1.82) is 0 Å². The van der Waals surface area contributed by atoms with Crippen LogP contribution in [-0.4, -0.2) is 36.1 Å². The van der Waals surface area contributed by atoms with Gasteiger partial charge in [0.1, 0.15) is 6.61 Å². The highest BCUT2D eigenvalue weighted by Crippen LogP contribution is 2.47. The molecule has 126 valence electrons. The van der Waals surface area contributed by atoms with E-state index in [2.05, 4.69) is 21.2 Å². The molecule has 0 saturated heterocycles. The minimum absolute atomic E-state index is 0.268. The van der Waals surface area contributed by atoms with Crippen LogP contribution >= 0.6 is 50.7 Å². The Balaban J connectivity index is 1.87. The Labute approximate surface area is 158 Å². The van der Waals surface area contributed by atoms with Crippen LogP contribution in [0.4, 0.5) is 10.5 Å². The van der Waals surface area contributed by atoms with Crippen molar-refractivity contribution in [2.24, 2.45) is 0 Å². The number of carbonyl (C=O) groups excluding carboxylic acids is 1. The maximum atomic E-state index is 12.4. The summed E-state index contributed by atoms with van der Waals surface area (Å²) >= 11 is 20.6. The molecule has 0 spiro atoms. The smallest absolute Gasteiger partial charge is 0.414 e. The number of ether oxygens (including phenoxy) is 1. The number of hydrogen-bond donors (Lipinski definition) is 1. The molecule has 0 aromatic heterocycles. The van der Waals surface area contributed by atoms with Gasteiger partial charge in [0, 0.05) is 23.0 Å². The first-order valence-corrected chi connectivity index (χ1v) is 9.22. The van der Waals surface area contributed by atoms with Crippen LogP contribution in [0.3, 0.4) is 0 Å². The maximum absolute atomic E-state index is 12.4. The van der Waals surface area contributed by atoms with E-state index >= 15 is 0 Å². The van der Waals surface area contributed by atoms with Crippen LogP contribution in [0.15, 0.2) is 16.6 Å². The van der Waals surface area contributed by atoms with E-state index in [1.165, 1.54) is 11.1 Å². The molecule has 1 aromatic carbocycles. The van der Waals surface area contributed by atoms with E-state index in [0.717, 1.165) is 23.0 Å². The second-order valence-corrected chi connectivity index (χ2v) is 9.23. The zero-order chi connectivity index (χ0) is 16.8. The third-order valence-electron chi connectivity index (χ3n) is 4.39. The van der Waals surface area contributed by atoms with Crippen LogP contribution in [0, 0.1) is 0 Å². The molecule has 0 fully saturated rings. The van der Waals surface area contributed by atoms with Crippen molar-refractivity contribution in [3.05, 3.63) is 27.7 Å². The molecule has 1 aliphatic carbocycles. The highest BCUT2D eigenvalue weighted by molar-refractivity contribution is 9.10. The van der Waals surface area contributed by atoms with Crippen molar-refractivity contribution in [3.63, 3.8) is 0 Å². The molecule has 2 unspecified atom stereocenters. The normalized spacial score (nSPS) is 22.9. The fourth-order valence-electron chi connectivity index (χ4n) is 3.41. The second kappa shape index (κ2) is 6.60. The first kappa shape index (κ1) is 17.6. The van der Waals surface area contributed by atoms with Crippen molar-refractivity contribution in [2.75, 3.05) is 25.1 Å². The van der Waals surface area contributed by atoms with Crippen LogP contribution in [0.2, 0.25) is 0 Å². The Hall–Kier alpha value is -0.200. The van der Waals surface area contributed by atoms with E-state index in [-0.39, 0.29) is 6.61 Å². The van der Waals surface area contributed by atoms with Crippen LogP contribution in [-0.2, 0) is 11.2 Å². The molecule has 1 N–H and O–H groups in total. The number of hydrogen-bond acceptors (Lipinski definition) is 3. The van der Waals surface area contributed by atoms with E-state index < -0.39 is 9.89 Å². The van der Waals surface area contributed by atoms with Crippen LogP contribution < -0.4 is 10.2 Å². The third-order valence-corrected chi connectivity index (χ3v) is 5.46. The Morgan fingerprint density at radius 1 is 1.48 bits per heavy atom. The summed E-state index contributed by atoms with van der Waals surface area (Å²) in [6.07, 6.45) is 1.45. The monoisotopic (exact) mass is 440 g/mol. The Morgan fingerprint density at radius 2 is 2.22 bits per heavy atom. The number of benzene rings is 1. The second-order valence-electron chi connectivity index (χ2n) is 5.86. The lowest BCUT2D eigenvalue weighted by molar-refractivity contribution is 0.156. The lowest BCUT2D eigenvalue weighted by Gasteiger charge is -2.28. The Kier molecular flexibility index (Phi) is 5.06. The number of nitrogens with zero attached hydrogens (tertiary/aromatic N) is 1. The predicted octanol–water partition coefficient (Wildman–Crippen LogP) is 4.39. The highest BCUT2D eigenvalue weighted by Gasteiger charge is 2.40. The lowest BCUT2D eigenvalue weighted by Crippen LogP contribution is -2.35. The molecule has 2 aliphatic rings. The molecule has 0 saturated carbocycles. The fraction of sp³-hybridized carbons (Fsp3) is 0.533. The van der Waals surface area contributed by atoms with Gasteiger partial charge in [-0.2, -0.15) is 0 Å². The van der Waals surface area contributed by atoms with E-state index in [0.29, 0.717) is 18.5 Å². The summed E-state index contributed by atoms with van der Waals surface area (Å²) in [4.78, 5) is 14.0. The highest BCUT2D eigenvalue weighted by atomic mass is 79.9. The molecule has 1 amide bonds. The van der Waals surface area contributed by atoms with Gasteiger partial charge in [-0.15, -0.1) is 0 Å². The van der Waals surface area contributed by atoms with Crippen LogP contribution in [0.5, 0.6) is 0 Å². The van der Waals surface area contributed by atoms with Gasteiger partial charge in [0.25, 0.3) is 0 Å². The number of amides is 1. The molecule has 23 heavy (non-hydrogen) atoms. The number of halogens is 4. The number of nitrogens with one attached hydrogen (secondary N) is 1. The summed E-state index contributed by atoms with van der Waals surface area (Å²) in [5, 5.41) is 3.34. The zero-order valence-electron chi connectivity index (χ0n) is 12.4. The van der Waals surface area contributed by atoms with Crippen molar-refractivity contribution in [2.45, 2.75) is 28.6 Å². The molecule has 1 aromatic rings. The van der Waals surface area contributed by atoms with E-state index in [9.17, 15) is 4.79 Å². The molecular weight excluding hydrogens is 426 g/mol. The van der Waals surface area contributed by atoms with Gasteiger partial charge in [-0.1, -0.05) is 50.7 Å². The van der Waals surface area contributed by atoms with Gasteiger partial charge in [-0.05, 0) is 43.1 Å². The summed E-state index contributed by atoms with van der Waals surface area (Å²) in [6, 6.07) is 4.32. The van der Waals surface area contributed by atoms with Gasteiger partial charge >= 0.3 is 6.09 Å². The number of rotatable bonds is 2. The van der Waals surface area contributed by atoms with E-state index in [4.69, 9.17) is 39.5 Å². The quantitative estimate of drug-likeness (QED) is 0.691. The average molecular weight is 443 g/mol. The van der Waals surface area contributed by atoms with Crippen LogP contribution in [0.1, 0.15) is 23.5 Å². The average Bonchev–Trinajstić information content (AvgIpc) is 2.87. The molecule has 1 aliphatic heterocycles. The molecule has 0 bridgehead atoms. The van der Waals surface area contributed by atoms with Gasteiger partial charge in [0.2, 0.25) is 3.79 Å². The maximum Gasteiger partial charge on any atom is 0.414 e. The summed E-state index contributed by atoms with van der Waals surface area (Å²) in [5.41, 5.74) is 3.39. The molecule has 0 radical (unpaired) electrons. The molecule has 8 heteroatoms. The van der Waals surface area contributed by atoms with Gasteiger partial charge in [0.15, 0.2) is 0 Å². The SMILES string of the molecule is CNC1Cc2c(Br)ccc3c2C(C1)CN3C(=O)OCC(Cl)(Cl)Cl. The van der Waals surface area contributed by atoms with Crippen molar-refractivity contribution in [1.82, 2.24) is 5.32 Å². The number of carbonyl (C=O) groups is 1. The van der Waals surface area contributed by atoms with Crippen molar-refractivity contribution in [3.8, 4) is 0 Å². The first-order valence-electron chi connectivity index (χ1n) is 7.29. The molecular formula is C15H16BrCl3N2O2. The van der Waals surface area contributed by atoms with Gasteiger partial charge < -0.3 is 10.1 Å². The summed E-state index contributed by atoms with van der Waals surface area (Å²) < 4.78 is 4.63. The number of alkyl halides is 3. The third kappa shape index (κ3) is 3.59. The summed E-state index contributed by atoms with van der Waals surface area (Å²) in [7, 11) is 1.97. The molecule has 1 heterocycles. The number of likely N-dealkylation sites (N-methyl/N-ethyl adjacent to an activating group) is 1. The predicted molar refractivity (Wildman–Crippen MR) is 97.0 cm³/mol. The summed E-state index contributed by atoms with van der Waals surface area (Å²) in [6.45, 7) is 0.325. The molecule has 3 rings (SSSR count). The van der Waals surface area contributed by atoms with Gasteiger partial charge in [-0.25, -0.2) is 4.79 Å². The minimum Gasteiger partial charge on any atom is -0.445 e. The zero-order valence-corrected chi connectivity index (χ0v) is 16.3. The van der Waals surface area contributed by atoms with Crippen LogP contribution in [0.25, 0.3) is 0 Å².